The van der Waals surface area contributed by atoms with E-state index in [-0.39, 0.29) is 18.4 Å². The molecule has 21 heavy (non-hydrogen) atoms. The fourth-order valence-electron chi connectivity index (χ4n) is 2.10. The van der Waals surface area contributed by atoms with E-state index in [4.69, 9.17) is 17.3 Å². The highest BCUT2D eigenvalue weighted by Gasteiger charge is 2.10. The molecule has 0 aliphatic rings. The minimum absolute atomic E-state index is 0.0322. The number of nitrogen functional groups attached to an aromatic ring is 1. The fourth-order valence-corrected chi connectivity index (χ4v) is 2.31. The van der Waals surface area contributed by atoms with Gasteiger partial charge >= 0.3 is 0 Å². The first-order chi connectivity index (χ1) is 10.0. The summed E-state index contributed by atoms with van der Waals surface area (Å²) in [6.45, 7) is 1.97. The van der Waals surface area contributed by atoms with E-state index in [0.717, 1.165) is 12.0 Å². The molecule has 2 aromatic rings. The van der Waals surface area contributed by atoms with E-state index >= 15 is 0 Å². The maximum absolute atomic E-state index is 12.0. The highest BCUT2D eigenvalue weighted by atomic mass is 35.5. The average Bonchev–Trinajstić information content (AvgIpc) is 2.41. The SMILES string of the molecule is CC(Cc1cccc(Cl)c1)NC(=O)Cc1ccc(N)cn1. The quantitative estimate of drug-likeness (QED) is 0.892. The number of nitrogens with two attached hydrogens (primary N) is 1. The molecule has 0 saturated carbocycles. The van der Waals surface area contributed by atoms with Crippen molar-refractivity contribution >= 4 is 23.2 Å². The van der Waals surface area contributed by atoms with Gasteiger partial charge in [0.25, 0.3) is 0 Å². The maximum atomic E-state index is 12.0. The number of halogens is 1. The molecule has 4 nitrogen and oxygen atoms in total. The fraction of sp³-hybridized carbons (Fsp3) is 0.250. The molecule has 0 bridgehead atoms. The Kier molecular flexibility index (Phi) is 5.17. The predicted octanol–water partition coefficient (Wildman–Crippen LogP) is 2.61. The molecule has 110 valence electrons. The first-order valence-electron chi connectivity index (χ1n) is 6.77. The smallest absolute Gasteiger partial charge is 0.226 e. The summed E-state index contributed by atoms with van der Waals surface area (Å²) >= 11 is 5.95. The van der Waals surface area contributed by atoms with Crippen LogP contribution >= 0.6 is 11.6 Å². The Bertz CT molecular complexity index is 613. The van der Waals surface area contributed by atoms with Crippen LogP contribution in [0.5, 0.6) is 0 Å². The molecule has 2 rings (SSSR count). The molecular weight excluding hydrogens is 286 g/mol. The lowest BCUT2D eigenvalue weighted by Crippen LogP contribution is -2.35. The third kappa shape index (κ3) is 5.08. The van der Waals surface area contributed by atoms with Crippen LogP contribution in [-0.2, 0) is 17.6 Å². The third-order valence-electron chi connectivity index (χ3n) is 3.03. The molecule has 0 saturated heterocycles. The van der Waals surface area contributed by atoms with Crippen molar-refractivity contribution in [3.8, 4) is 0 Å². The van der Waals surface area contributed by atoms with Crippen LogP contribution in [-0.4, -0.2) is 16.9 Å². The number of pyridine rings is 1. The molecule has 1 amide bonds. The minimum Gasteiger partial charge on any atom is -0.397 e. The first-order valence-corrected chi connectivity index (χ1v) is 7.15. The van der Waals surface area contributed by atoms with Crippen LogP contribution in [0, 0.1) is 0 Å². The number of anilines is 1. The van der Waals surface area contributed by atoms with Gasteiger partial charge in [0.2, 0.25) is 5.91 Å². The van der Waals surface area contributed by atoms with Crippen LogP contribution in [0.1, 0.15) is 18.2 Å². The van der Waals surface area contributed by atoms with E-state index in [1.807, 2.05) is 31.2 Å². The summed E-state index contributed by atoms with van der Waals surface area (Å²) in [5, 5.41) is 3.66. The molecule has 1 aromatic carbocycles. The topological polar surface area (TPSA) is 68.0 Å². The molecule has 0 aliphatic carbocycles. The van der Waals surface area contributed by atoms with Crippen LogP contribution < -0.4 is 11.1 Å². The number of carbonyl (C=O) groups excluding carboxylic acids is 1. The number of benzene rings is 1. The number of nitrogens with zero attached hydrogens (tertiary/aromatic N) is 1. The summed E-state index contributed by atoms with van der Waals surface area (Å²) in [5.74, 6) is -0.0539. The number of aromatic nitrogens is 1. The molecule has 0 radical (unpaired) electrons. The average molecular weight is 304 g/mol. The summed E-state index contributed by atoms with van der Waals surface area (Å²) in [4.78, 5) is 16.1. The molecule has 1 unspecified atom stereocenters. The normalized spacial score (nSPS) is 11.9. The van der Waals surface area contributed by atoms with Gasteiger partial charge in [-0.05, 0) is 43.2 Å². The van der Waals surface area contributed by atoms with Gasteiger partial charge in [-0.15, -0.1) is 0 Å². The monoisotopic (exact) mass is 303 g/mol. The zero-order valence-corrected chi connectivity index (χ0v) is 12.6. The second kappa shape index (κ2) is 7.09. The van der Waals surface area contributed by atoms with Crippen molar-refractivity contribution < 1.29 is 4.79 Å². The van der Waals surface area contributed by atoms with Crippen molar-refractivity contribution in [1.82, 2.24) is 10.3 Å². The number of rotatable bonds is 5. The van der Waals surface area contributed by atoms with Gasteiger partial charge in [0.15, 0.2) is 0 Å². The van der Waals surface area contributed by atoms with Crippen molar-refractivity contribution in [2.24, 2.45) is 0 Å². The maximum Gasteiger partial charge on any atom is 0.226 e. The lowest BCUT2D eigenvalue weighted by molar-refractivity contribution is -0.121. The molecule has 0 aliphatic heterocycles. The third-order valence-corrected chi connectivity index (χ3v) is 3.26. The van der Waals surface area contributed by atoms with Gasteiger partial charge in [0.1, 0.15) is 0 Å². The van der Waals surface area contributed by atoms with E-state index in [9.17, 15) is 4.79 Å². The highest BCUT2D eigenvalue weighted by molar-refractivity contribution is 6.30. The summed E-state index contributed by atoms with van der Waals surface area (Å²) in [6, 6.07) is 11.2. The van der Waals surface area contributed by atoms with Gasteiger partial charge in [-0.25, -0.2) is 0 Å². The molecule has 1 aromatic heterocycles. The Labute approximate surface area is 129 Å². The Morgan fingerprint density at radius 2 is 2.19 bits per heavy atom. The van der Waals surface area contributed by atoms with Crippen molar-refractivity contribution in [3.05, 3.63) is 58.9 Å². The van der Waals surface area contributed by atoms with E-state index < -0.39 is 0 Å². The molecule has 0 fully saturated rings. The van der Waals surface area contributed by atoms with Gasteiger partial charge in [-0.3, -0.25) is 9.78 Å². The molecule has 0 spiro atoms. The standard InChI is InChI=1S/C16H18ClN3O/c1-11(7-12-3-2-4-13(17)8-12)20-16(21)9-15-6-5-14(18)10-19-15/h2-6,8,10-11H,7,9,18H2,1H3,(H,20,21). The van der Waals surface area contributed by atoms with Crippen LogP contribution in [0.2, 0.25) is 5.02 Å². The number of amides is 1. The summed E-state index contributed by atoms with van der Waals surface area (Å²) in [6.07, 6.45) is 2.54. The molecule has 1 atom stereocenters. The van der Waals surface area contributed by atoms with Gasteiger partial charge in [-0.1, -0.05) is 23.7 Å². The summed E-state index contributed by atoms with van der Waals surface area (Å²) in [5.41, 5.74) is 7.96. The number of hydrogen-bond acceptors (Lipinski definition) is 3. The predicted molar refractivity (Wildman–Crippen MR) is 85.1 cm³/mol. The zero-order chi connectivity index (χ0) is 15.2. The Balaban J connectivity index is 1.86. The lowest BCUT2D eigenvalue weighted by Gasteiger charge is -2.14. The van der Waals surface area contributed by atoms with Crippen molar-refractivity contribution in [2.75, 3.05) is 5.73 Å². The Morgan fingerprint density at radius 3 is 2.86 bits per heavy atom. The largest absolute Gasteiger partial charge is 0.397 e. The van der Waals surface area contributed by atoms with Crippen molar-refractivity contribution in [1.29, 1.82) is 0 Å². The van der Waals surface area contributed by atoms with Gasteiger partial charge in [0, 0.05) is 16.8 Å². The highest BCUT2D eigenvalue weighted by Crippen LogP contribution is 2.12. The Morgan fingerprint density at radius 1 is 1.38 bits per heavy atom. The first kappa shape index (κ1) is 15.3. The second-order valence-corrected chi connectivity index (χ2v) is 5.50. The van der Waals surface area contributed by atoms with E-state index in [1.165, 1.54) is 0 Å². The van der Waals surface area contributed by atoms with E-state index in [0.29, 0.717) is 16.4 Å². The summed E-state index contributed by atoms with van der Waals surface area (Å²) < 4.78 is 0. The number of nitrogens with one attached hydrogen (secondary N) is 1. The minimum atomic E-state index is -0.0539. The van der Waals surface area contributed by atoms with Gasteiger partial charge in [0.05, 0.1) is 18.3 Å². The van der Waals surface area contributed by atoms with Gasteiger partial charge in [-0.2, -0.15) is 0 Å². The Hall–Kier alpha value is -2.07. The lowest BCUT2D eigenvalue weighted by atomic mass is 10.1. The van der Waals surface area contributed by atoms with Crippen LogP contribution in [0.4, 0.5) is 5.69 Å². The van der Waals surface area contributed by atoms with Crippen molar-refractivity contribution in [3.63, 3.8) is 0 Å². The van der Waals surface area contributed by atoms with E-state index in [2.05, 4.69) is 10.3 Å². The van der Waals surface area contributed by atoms with Gasteiger partial charge < -0.3 is 11.1 Å². The molecule has 1 heterocycles. The van der Waals surface area contributed by atoms with Crippen LogP contribution in [0.15, 0.2) is 42.6 Å². The van der Waals surface area contributed by atoms with Crippen LogP contribution in [0.25, 0.3) is 0 Å². The summed E-state index contributed by atoms with van der Waals surface area (Å²) in [7, 11) is 0. The zero-order valence-electron chi connectivity index (χ0n) is 11.8. The second-order valence-electron chi connectivity index (χ2n) is 5.06. The molecular formula is C16H18ClN3O. The van der Waals surface area contributed by atoms with Crippen LogP contribution in [0.3, 0.4) is 0 Å². The van der Waals surface area contributed by atoms with Crippen molar-refractivity contribution in [2.45, 2.75) is 25.8 Å². The molecule has 3 N–H and O–H groups in total. The molecule has 5 heteroatoms. The van der Waals surface area contributed by atoms with E-state index in [1.54, 1.807) is 18.3 Å². The number of hydrogen-bond donors (Lipinski definition) is 2. The number of carbonyl (C=O) groups is 1.